The number of thiol groups is 1. The molecule has 0 saturated heterocycles. The Hall–Kier alpha value is -0.800. The molecule has 0 spiro atoms. The first kappa shape index (κ1) is 8.78. The fourth-order valence-electron chi connectivity index (χ4n) is 1.26. The number of benzene rings is 1. The van der Waals surface area contributed by atoms with Crippen molar-refractivity contribution < 1.29 is 0 Å². The Morgan fingerprint density at radius 3 is 2.54 bits per heavy atom. The van der Waals surface area contributed by atoms with E-state index in [-0.39, 0.29) is 0 Å². The number of hydrogen-bond acceptors (Lipinski definition) is 2. The molecule has 1 N–H and O–H groups in total. The van der Waals surface area contributed by atoms with E-state index < -0.39 is 0 Å². The van der Waals surface area contributed by atoms with Crippen molar-refractivity contribution in [1.29, 1.82) is 0 Å². The van der Waals surface area contributed by atoms with Gasteiger partial charge in [0.2, 0.25) is 0 Å². The molecule has 0 bridgehead atoms. The van der Waals surface area contributed by atoms with Gasteiger partial charge in [-0.05, 0) is 11.6 Å². The summed E-state index contributed by atoms with van der Waals surface area (Å²) in [5, 5.41) is 0. The molecule has 66 valence electrons. The molecule has 1 heterocycles. The van der Waals surface area contributed by atoms with Crippen molar-refractivity contribution in [3.8, 4) is 11.3 Å². The Bertz CT molecular complexity index is 381. The second kappa shape index (κ2) is 3.94. The SMILES string of the molecule is SSc1cc[nH]c1-c1ccccc1. The van der Waals surface area contributed by atoms with Crippen LogP contribution in [0.1, 0.15) is 0 Å². The highest BCUT2D eigenvalue weighted by Crippen LogP contribution is 2.31. The Balaban J connectivity index is 2.47. The number of rotatable bonds is 2. The topological polar surface area (TPSA) is 15.8 Å². The summed E-state index contributed by atoms with van der Waals surface area (Å²) in [6, 6.07) is 12.3. The Labute approximate surface area is 86.4 Å². The predicted octanol–water partition coefficient (Wildman–Crippen LogP) is 3.62. The third-order valence-electron chi connectivity index (χ3n) is 1.87. The average Bonchev–Trinajstić information content (AvgIpc) is 2.67. The summed E-state index contributed by atoms with van der Waals surface area (Å²) in [6.07, 6.45) is 1.93. The fourth-order valence-corrected chi connectivity index (χ4v) is 2.12. The van der Waals surface area contributed by atoms with Gasteiger partial charge in [-0.1, -0.05) is 41.1 Å². The summed E-state index contributed by atoms with van der Waals surface area (Å²) in [4.78, 5) is 4.36. The molecule has 0 fully saturated rings. The first-order valence-electron chi connectivity index (χ1n) is 3.96. The molecule has 0 radical (unpaired) electrons. The third-order valence-corrected chi connectivity index (χ3v) is 3.00. The van der Waals surface area contributed by atoms with Crippen LogP contribution in [0.4, 0.5) is 0 Å². The van der Waals surface area contributed by atoms with Gasteiger partial charge in [0, 0.05) is 11.1 Å². The maximum atomic E-state index is 4.19. The molecule has 0 amide bonds. The number of nitrogens with one attached hydrogen (secondary N) is 1. The molecule has 0 unspecified atom stereocenters. The summed E-state index contributed by atoms with van der Waals surface area (Å²) in [6.45, 7) is 0. The Morgan fingerprint density at radius 2 is 1.85 bits per heavy atom. The molecule has 0 atom stereocenters. The van der Waals surface area contributed by atoms with Gasteiger partial charge in [-0.2, -0.15) is 0 Å². The van der Waals surface area contributed by atoms with Gasteiger partial charge in [-0.15, -0.1) is 11.7 Å². The van der Waals surface area contributed by atoms with E-state index >= 15 is 0 Å². The largest absolute Gasteiger partial charge is 0.360 e. The van der Waals surface area contributed by atoms with Crippen LogP contribution in [0.25, 0.3) is 11.3 Å². The van der Waals surface area contributed by atoms with Crippen LogP contribution in [0, 0.1) is 0 Å². The standard InChI is InChI=1S/C10H9NS2/c12-13-9-6-7-11-10(9)8-4-2-1-3-5-8/h1-7,11-12H. The second-order valence-corrected chi connectivity index (χ2v) is 3.84. The van der Waals surface area contributed by atoms with E-state index in [2.05, 4.69) is 28.8 Å². The highest BCUT2D eigenvalue weighted by Gasteiger charge is 2.03. The lowest BCUT2D eigenvalue weighted by molar-refractivity contribution is 1.37. The summed E-state index contributed by atoms with van der Waals surface area (Å²) < 4.78 is 0. The van der Waals surface area contributed by atoms with E-state index in [1.165, 1.54) is 16.4 Å². The lowest BCUT2D eigenvalue weighted by Gasteiger charge is -1.99. The number of aromatic amines is 1. The minimum atomic E-state index is 1.14. The molecule has 0 saturated carbocycles. The van der Waals surface area contributed by atoms with Gasteiger partial charge in [-0.3, -0.25) is 0 Å². The second-order valence-electron chi connectivity index (χ2n) is 2.67. The van der Waals surface area contributed by atoms with Crippen LogP contribution >= 0.6 is 22.5 Å². The van der Waals surface area contributed by atoms with Crippen molar-refractivity contribution >= 4 is 22.5 Å². The highest BCUT2D eigenvalue weighted by molar-refractivity contribution is 8.68. The number of H-pyrrole nitrogens is 1. The van der Waals surface area contributed by atoms with Gasteiger partial charge >= 0.3 is 0 Å². The van der Waals surface area contributed by atoms with Gasteiger partial charge in [0.05, 0.1) is 5.69 Å². The zero-order valence-corrected chi connectivity index (χ0v) is 8.61. The lowest BCUT2D eigenvalue weighted by atomic mass is 10.2. The molecule has 0 aliphatic heterocycles. The van der Waals surface area contributed by atoms with Crippen molar-refractivity contribution in [3.63, 3.8) is 0 Å². The molecule has 1 aromatic heterocycles. The number of aromatic nitrogens is 1. The van der Waals surface area contributed by atoms with E-state index in [1.807, 2.05) is 30.5 Å². The van der Waals surface area contributed by atoms with Crippen molar-refractivity contribution in [2.45, 2.75) is 4.90 Å². The maximum absolute atomic E-state index is 4.19. The molecule has 3 heteroatoms. The molecule has 1 nitrogen and oxygen atoms in total. The molecule has 0 aliphatic rings. The van der Waals surface area contributed by atoms with Gasteiger partial charge in [0.25, 0.3) is 0 Å². The smallest absolute Gasteiger partial charge is 0.0600 e. The van der Waals surface area contributed by atoms with Gasteiger partial charge < -0.3 is 4.98 Å². The van der Waals surface area contributed by atoms with E-state index in [0.717, 1.165) is 10.6 Å². The van der Waals surface area contributed by atoms with Crippen LogP contribution in [0.15, 0.2) is 47.5 Å². The minimum absolute atomic E-state index is 1.14. The summed E-state index contributed by atoms with van der Waals surface area (Å²) in [5.41, 5.74) is 2.34. The van der Waals surface area contributed by atoms with E-state index in [4.69, 9.17) is 0 Å². The monoisotopic (exact) mass is 207 g/mol. The van der Waals surface area contributed by atoms with Gasteiger partial charge in [0.1, 0.15) is 0 Å². The van der Waals surface area contributed by atoms with Crippen LogP contribution in [-0.4, -0.2) is 4.98 Å². The molecular weight excluding hydrogens is 198 g/mol. The van der Waals surface area contributed by atoms with Crippen LogP contribution < -0.4 is 0 Å². The van der Waals surface area contributed by atoms with Crippen LogP contribution in [0.2, 0.25) is 0 Å². The normalized spacial score (nSPS) is 10.2. The molecule has 1 aromatic carbocycles. The summed E-state index contributed by atoms with van der Waals surface area (Å²) in [5.74, 6) is 0. The summed E-state index contributed by atoms with van der Waals surface area (Å²) in [7, 11) is 1.46. The van der Waals surface area contributed by atoms with Crippen molar-refractivity contribution in [3.05, 3.63) is 42.6 Å². The Kier molecular flexibility index (Phi) is 2.66. The quantitative estimate of drug-likeness (QED) is 0.567. The summed E-state index contributed by atoms with van der Waals surface area (Å²) >= 11 is 4.19. The Morgan fingerprint density at radius 1 is 1.08 bits per heavy atom. The van der Waals surface area contributed by atoms with Crippen molar-refractivity contribution in [1.82, 2.24) is 4.98 Å². The third kappa shape index (κ3) is 1.76. The van der Waals surface area contributed by atoms with Crippen LogP contribution in [0.5, 0.6) is 0 Å². The van der Waals surface area contributed by atoms with E-state index in [0.29, 0.717) is 0 Å². The molecule has 13 heavy (non-hydrogen) atoms. The zero-order valence-electron chi connectivity index (χ0n) is 6.90. The fraction of sp³-hybridized carbons (Fsp3) is 0. The minimum Gasteiger partial charge on any atom is -0.360 e. The van der Waals surface area contributed by atoms with Crippen LogP contribution in [-0.2, 0) is 0 Å². The average molecular weight is 207 g/mol. The molecular formula is C10H9NS2. The first-order valence-corrected chi connectivity index (χ1v) is 5.83. The van der Waals surface area contributed by atoms with E-state index in [1.54, 1.807) is 0 Å². The van der Waals surface area contributed by atoms with E-state index in [9.17, 15) is 0 Å². The molecule has 2 rings (SSSR count). The van der Waals surface area contributed by atoms with Crippen molar-refractivity contribution in [2.75, 3.05) is 0 Å². The predicted molar refractivity (Wildman–Crippen MR) is 61.1 cm³/mol. The van der Waals surface area contributed by atoms with Gasteiger partial charge in [-0.25, -0.2) is 0 Å². The zero-order chi connectivity index (χ0) is 9.10. The van der Waals surface area contributed by atoms with Gasteiger partial charge in [0.15, 0.2) is 0 Å². The number of hydrogen-bond donors (Lipinski definition) is 2. The van der Waals surface area contributed by atoms with Crippen molar-refractivity contribution in [2.24, 2.45) is 0 Å². The first-order chi connectivity index (χ1) is 6.42. The molecule has 2 aromatic rings. The lowest BCUT2D eigenvalue weighted by Crippen LogP contribution is -1.76. The van der Waals surface area contributed by atoms with Crippen LogP contribution in [0.3, 0.4) is 0 Å². The maximum Gasteiger partial charge on any atom is 0.0600 e. The highest BCUT2D eigenvalue weighted by atomic mass is 33.1. The molecule has 0 aliphatic carbocycles.